The zero-order chi connectivity index (χ0) is 20.9. The molecule has 0 bridgehead atoms. The standard InChI is InChI=1S/C24H26N4O2/c1-4-17(2)28-12-10-19(11-13-28)30-23-14-20-21(15-22(23)29-3)25-16-26-24(20)27-18-8-6-5-7-9-18/h4-9,14-16,19H,1-2,10-13H2,3H3,(H,25,26,27). The highest BCUT2D eigenvalue weighted by Gasteiger charge is 2.22. The summed E-state index contributed by atoms with van der Waals surface area (Å²) in [4.78, 5) is 11.1. The number of piperidine rings is 1. The Bertz CT molecular complexity index is 1040. The Hall–Kier alpha value is -3.54. The third-order valence-corrected chi connectivity index (χ3v) is 5.33. The second-order valence-electron chi connectivity index (χ2n) is 7.23. The number of fused-ring (bicyclic) bond motifs is 1. The van der Waals surface area contributed by atoms with Crippen molar-refractivity contribution in [2.45, 2.75) is 18.9 Å². The molecule has 6 heteroatoms. The number of rotatable bonds is 7. The lowest BCUT2D eigenvalue weighted by Crippen LogP contribution is -2.37. The monoisotopic (exact) mass is 402 g/mol. The molecule has 2 aromatic carbocycles. The summed E-state index contributed by atoms with van der Waals surface area (Å²) in [5, 5.41) is 4.25. The Kier molecular flexibility index (Phi) is 5.84. The van der Waals surface area contributed by atoms with Crippen molar-refractivity contribution in [1.82, 2.24) is 14.9 Å². The fourth-order valence-corrected chi connectivity index (χ4v) is 3.64. The van der Waals surface area contributed by atoms with Crippen LogP contribution in [0.25, 0.3) is 10.9 Å². The molecule has 0 radical (unpaired) electrons. The van der Waals surface area contributed by atoms with Crippen molar-refractivity contribution in [3.63, 3.8) is 0 Å². The van der Waals surface area contributed by atoms with Gasteiger partial charge in [0.25, 0.3) is 0 Å². The molecule has 1 aromatic heterocycles. The normalized spacial score (nSPS) is 14.4. The third kappa shape index (κ3) is 4.22. The number of methoxy groups -OCH3 is 1. The van der Waals surface area contributed by atoms with Crippen LogP contribution < -0.4 is 14.8 Å². The van der Waals surface area contributed by atoms with Crippen LogP contribution in [-0.4, -0.2) is 41.2 Å². The van der Waals surface area contributed by atoms with E-state index < -0.39 is 0 Å². The fraction of sp³-hybridized carbons (Fsp3) is 0.250. The predicted molar refractivity (Wildman–Crippen MR) is 120 cm³/mol. The van der Waals surface area contributed by atoms with Crippen molar-refractivity contribution in [1.29, 1.82) is 0 Å². The summed E-state index contributed by atoms with van der Waals surface area (Å²) >= 11 is 0. The Labute approximate surface area is 176 Å². The Morgan fingerprint density at radius 2 is 1.90 bits per heavy atom. The summed E-state index contributed by atoms with van der Waals surface area (Å²) in [6.07, 6.45) is 5.29. The molecular formula is C24H26N4O2. The number of anilines is 2. The van der Waals surface area contributed by atoms with Gasteiger partial charge in [-0.25, -0.2) is 9.97 Å². The fourth-order valence-electron chi connectivity index (χ4n) is 3.64. The van der Waals surface area contributed by atoms with Crippen molar-refractivity contribution >= 4 is 22.4 Å². The van der Waals surface area contributed by atoms with Crippen LogP contribution in [0.15, 0.2) is 73.7 Å². The van der Waals surface area contributed by atoms with Gasteiger partial charge in [0.2, 0.25) is 0 Å². The highest BCUT2D eigenvalue weighted by atomic mass is 16.5. The van der Waals surface area contributed by atoms with Crippen LogP contribution in [0.1, 0.15) is 12.8 Å². The number of hydrogen-bond donors (Lipinski definition) is 1. The topological polar surface area (TPSA) is 59.5 Å². The second-order valence-corrected chi connectivity index (χ2v) is 7.23. The van der Waals surface area contributed by atoms with E-state index in [2.05, 4.69) is 33.3 Å². The number of benzene rings is 2. The lowest BCUT2D eigenvalue weighted by Gasteiger charge is -2.34. The van der Waals surface area contributed by atoms with Gasteiger partial charge in [0.05, 0.1) is 12.6 Å². The van der Waals surface area contributed by atoms with Gasteiger partial charge < -0.3 is 19.7 Å². The molecule has 1 saturated heterocycles. The number of hydrogen-bond acceptors (Lipinski definition) is 6. The van der Waals surface area contributed by atoms with Gasteiger partial charge in [-0.3, -0.25) is 0 Å². The number of aromatic nitrogens is 2. The van der Waals surface area contributed by atoms with Gasteiger partial charge in [-0.1, -0.05) is 31.4 Å². The van der Waals surface area contributed by atoms with Crippen LogP contribution in [0.5, 0.6) is 11.5 Å². The van der Waals surface area contributed by atoms with Crippen molar-refractivity contribution in [3.8, 4) is 11.5 Å². The van der Waals surface area contributed by atoms with E-state index >= 15 is 0 Å². The molecule has 3 aromatic rings. The van der Waals surface area contributed by atoms with Gasteiger partial charge in [0.15, 0.2) is 11.5 Å². The van der Waals surface area contributed by atoms with Crippen LogP contribution >= 0.6 is 0 Å². The second kappa shape index (κ2) is 8.86. The molecule has 1 aliphatic heterocycles. The molecule has 0 atom stereocenters. The van der Waals surface area contributed by atoms with Crippen molar-refractivity contribution in [3.05, 3.63) is 73.7 Å². The number of nitrogens with one attached hydrogen (secondary N) is 1. The number of likely N-dealkylation sites (tertiary alicyclic amines) is 1. The molecule has 0 unspecified atom stereocenters. The maximum absolute atomic E-state index is 6.36. The summed E-state index contributed by atoms with van der Waals surface area (Å²) in [6, 6.07) is 13.8. The van der Waals surface area contributed by atoms with Gasteiger partial charge in [-0.15, -0.1) is 0 Å². The predicted octanol–water partition coefficient (Wildman–Crippen LogP) is 4.92. The first kappa shape index (κ1) is 19.8. The first-order valence-electron chi connectivity index (χ1n) is 10.1. The molecule has 0 spiro atoms. The average molecular weight is 402 g/mol. The van der Waals surface area contributed by atoms with E-state index in [0.717, 1.165) is 54.0 Å². The summed E-state index contributed by atoms with van der Waals surface area (Å²) < 4.78 is 11.9. The van der Waals surface area contributed by atoms with Gasteiger partial charge in [-0.2, -0.15) is 0 Å². The van der Waals surface area contributed by atoms with Gasteiger partial charge >= 0.3 is 0 Å². The first-order valence-corrected chi connectivity index (χ1v) is 10.1. The lowest BCUT2D eigenvalue weighted by atomic mass is 10.1. The highest BCUT2D eigenvalue weighted by Crippen LogP contribution is 2.36. The maximum atomic E-state index is 6.36. The molecule has 1 N–H and O–H groups in total. The van der Waals surface area contributed by atoms with E-state index in [-0.39, 0.29) is 6.10 Å². The van der Waals surface area contributed by atoms with Crippen LogP contribution in [0.3, 0.4) is 0 Å². The number of nitrogens with zero attached hydrogens (tertiary/aromatic N) is 3. The van der Waals surface area contributed by atoms with Crippen molar-refractivity contribution < 1.29 is 9.47 Å². The van der Waals surface area contributed by atoms with Crippen molar-refractivity contribution in [2.24, 2.45) is 0 Å². The molecule has 6 nitrogen and oxygen atoms in total. The summed E-state index contributed by atoms with van der Waals surface area (Å²) in [5.74, 6) is 2.11. The van der Waals surface area contributed by atoms with Crippen LogP contribution in [0.4, 0.5) is 11.5 Å². The zero-order valence-corrected chi connectivity index (χ0v) is 17.2. The van der Waals surface area contributed by atoms with E-state index in [1.54, 1.807) is 19.5 Å². The maximum Gasteiger partial charge on any atom is 0.162 e. The van der Waals surface area contributed by atoms with E-state index in [1.165, 1.54) is 0 Å². The Morgan fingerprint density at radius 1 is 1.13 bits per heavy atom. The zero-order valence-electron chi connectivity index (χ0n) is 17.2. The summed E-state index contributed by atoms with van der Waals surface area (Å²) in [6.45, 7) is 9.64. The number of allylic oxidation sites excluding steroid dienone is 1. The van der Waals surface area contributed by atoms with E-state index in [4.69, 9.17) is 9.47 Å². The third-order valence-electron chi connectivity index (χ3n) is 5.33. The minimum Gasteiger partial charge on any atom is -0.493 e. The quantitative estimate of drug-likeness (QED) is 0.566. The van der Waals surface area contributed by atoms with E-state index in [1.807, 2.05) is 42.5 Å². The van der Waals surface area contributed by atoms with Crippen LogP contribution in [0, 0.1) is 0 Å². The van der Waals surface area contributed by atoms with Crippen LogP contribution in [-0.2, 0) is 0 Å². The summed E-state index contributed by atoms with van der Waals surface area (Å²) in [7, 11) is 1.65. The number of ether oxygens (including phenoxy) is 2. The number of para-hydroxylation sites is 1. The highest BCUT2D eigenvalue weighted by molar-refractivity contribution is 5.93. The van der Waals surface area contributed by atoms with Gasteiger partial charge in [0, 0.05) is 48.8 Å². The minimum atomic E-state index is 0.111. The first-order chi connectivity index (χ1) is 14.7. The van der Waals surface area contributed by atoms with E-state index in [0.29, 0.717) is 11.5 Å². The molecule has 4 rings (SSSR count). The lowest BCUT2D eigenvalue weighted by molar-refractivity contribution is 0.116. The Balaban J connectivity index is 1.59. The molecular weight excluding hydrogens is 376 g/mol. The van der Waals surface area contributed by atoms with Gasteiger partial charge in [-0.05, 0) is 24.3 Å². The smallest absolute Gasteiger partial charge is 0.162 e. The van der Waals surface area contributed by atoms with Crippen molar-refractivity contribution in [2.75, 3.05) is 25.5 Å². The molecule has 1 fully saturated rings. The van der Waals surface area contributed by atoms with Gasteiger partial charge in [0.1, 0.15) is 18.2 Å². The largest absolute Gasteiger partial charge is 0.493 e. The Morgan fingerprint density at radius 3 is 2.60 bits per heavy atom. The molecule has 2 heterocycles. The molecule has 0 amide bonds. The van der Waals surface area contributed by atoms with E-state index in [9.17, 15) is 0 Å². The average Bonchev–Trinajstić information content (AvgIpc) is 2.79. The molecule has 0 aliphatic carbocycles. The molecule has 1 aliphatic rings. The SMILES string of the molecule is C=CC(=C)N1CCC(Oc2cc3c(Nc4ccccc4)ncnc3cc2OC)CC1. The molecule has 0 saturated carbocycles. The molecule has 154 valence electrons. The minimum absolute atomic E-state index is 0.111. The van der Waals surface area contributed by atoms with Crippen LogP contribution in [0.2, 0.25) is 0 Å². The molecule has 30 heavy (non-hydrogen) atoms. The summed E-state index contributed by atoms with van der Waals surface area (Å²) in [5.41, 5.74) is 2.72.